The normalized spacial score (nSPS) is 12.8. The van der Waals surface area contributed by atoms with E-state index in [1.54, 1.807) is 20.8 Å². The van der Waals surface area contributed by atoms with Crippen LogP contribution >= 0.6 is 0 Å². The van der Waals surface area contributed by atoms with E-state index in [4.69, 9.17) is 0 Å². The van der Waals surface area contributed by atoms with Crippen molar-refractivity contribution in [2.75, 3.05) is 11.9 Å². The number of amides is 1. The summed E-state index contributed by atoms with van der Waals surface area (Å²) in [5, 5.41) is 7.84. The molecule has 0 aliphatic carbocycles. The van der Waals surface area contributed by atoms with Gasteiger partial charge >= 0.3 is 6.18 Å². The molecule has 0 spiro atoms. The number of hydrogen-bond acceptors (Lipinski definition) is 3. The highest BCUT2D eigenvalue weighted by molar-refractivity contribution is 6.10. The Morgan fingerprint density at radius 1 is 1.14 bits per heavy atom. The van der Waals surface area contributed by atoms with Gasteiger partial charge in [0.1, 0.15) is 5.69 Å². The Morgan fingerprint density at radius 3 is 2.29 bits per heavy atom. The first-order valence-electron chi connectivity index (χ1n) is 8.00. The summed E-state index contributed by atoms with van der Waals surface area (Å²) in [7, 11) is 1.35. The third-order valence-corrected chi connectivity index (χ3v) is 3.38. The molecule has 0 atom stereocenters. The second kappa shape index (κ2) is 7.56. The molecule has 152 valence electrons. The molecular weight excluding hydrogens is 385 g/mol. The van der Waals surface area contributed by atoms with Crippen molar-refractivity contribution < 1.29 is 26.7 Å². The molecule has 0 aliphatic heterocycles. The van der Waals surface area contributed by atoms with E-state index in [2.05, 4.69) is 15.4 Å². The number of H-pyrrole nitrogens is 1. The zero-order valence-corrected chi connectivity index (χ0v) is 15.4. The molecule has 11 heteroatoms. The molecule has 0 bridgehead atoms. The standard InChI is InChI=1S/C17H18F5N5O/c1-16(2,3)24-15(23-14(28)9-5-6-10(18)11(19)7-9)27(4)13-8-12(25-26-13)17(20,21)22/h5-8H,1-4H3,(H,25,26)(H,23,24,28). The zero-order valence-electron chi connectivity index (χ0n) is 15.4. The Hall–Kier alpha value is -2.98. The Kier molecular flexibility index (Phi) is 5.76. The summed E-state index contributed by atoms with van der Waals surface area (Å²) in [5.41, 5.74) is -1.98. The first-order valence-corrected chi connectivity index (χ1v) is 8.00. The molecule has 1 heterocycles. The van der Waals surface area contributed by atoms with Crippen molar-refractivity contribution in [3.63, 3.8) is 0 Å². The predicted octanol–water partition coefficient (Wildman–Crippen LogP) is 3.73. The van der Waals surface area contributed by atoms with E-state index in [9.17, 15) is 26.7 Å². The third kappa shape index (κ3) is 5.27. The Morgan fingerprint density at radius 2 is 1.79 bits per heavy atom. The summed E-state index contributed by atoms with van der Waals surface area (Å²) in [5.74, 6) is -3.42. The second-order valence-corrected chi connectivity index (χ2v) is 6.89. The van der Waals surface area contributed by atoms with Gasteiger partial charge in [0.2, 0.25) is 5.96 Å². The third-order valence-electron chi connectivity index (χ3n) is 3.38. The van der Waals surface area contributed by atoms with Gasteiger partial charge in [0.05, 0.1) is 5.54 Å². The van der Waals surface area contributed by atoms with Crippen LogP contribution in [0.5, 0.6) is 0 Å². The number of benzene rings is 1. The van der Waals surface area contributed by atoms with Crippen molar-refractivity contribution in [1.29, 1.82) is 0 Å². The summed E-state index contributed by atoms with van der Waals surface area (Å²) < 4.78 is 64.8. The van der Waals surface area contributed by atoms with Crippen LogP contribution in [0.15, 0.2) is 29.3 Å². The topological polar surface area (TPSA) is 73.4 Å². The quantitative estimate of drug-likeness (QED) is 0.456. The first-order chi connectivity index (χ1) is 12.8. The monoisotopic (exact) mass is 403 g/mol. The molecular formula is C17H18F5N5O. The number of halogens is 5. The van der Waals surface area contributed by atoms with Gasteiger partial charge in [0.15, 0.2) is 17.5 Å². The number of guanidine groups is 1. The lowest BCUT2D eigenvalue weighted by atomic mass is 10.1. The van der Waals surface area contributed by atoms with Crippen LogP contribution in [0, 0.1) is 11.6 Å². The van der Waals surface area contributed by atoms with E-state index in [1.807, 2.05) is 5.10 Å². The van der Waals surface area contributed by atoms with Gasteiger partial charge in [-0.05, 0) is 39.0 Å². The average Bonchev–Trinajstić information content (AvgIpc) is 3.05. The van der Waals surface area contributed by atoms with Crippen molar-refractivity contribution in [2.45, 2.75) is 32.5 Å². The first kappa shape index (κ1) is 21.3. The van der Waals surface area contributed by atoms with Crippen LogP contribution in [0.1, 0.15) is 36.8 Å². The largest absolute Gasteiger partial charge is 0.432 e. The highest BCUT2D eigenvalue weighted by atomic mass is 19.4. The number of rotatable bonds is 2. The van der Waals surface area contributed by atoms with Gasteiger partial charge in [-0.1, -0.05) is 0 Å². The van der Waals surface area contributed by atoms with Gasteiger partial charge in [0, 0.05) is 18.7 Å². The molecule has 28 heavy (non-hydrogen) atoms. The Bertz CT molecular complexity index is 898. The predicted molar refractivity (Wildman–Crippen MR) is 93.0 cm³/mol. The van der Waals surface area contributed by atoms with E-state index in [0.717, 1.165) is 23.1 Å². The molecule has 2 rings (SSSR count). The van der Waals surface area contributed by atoms with Gasteiger partial charge in [-0.3, -0.25) is 20.1 Å². The molecule has 0 fully saturated rings. The fourth-order valence-corrected chi connectivity index (χ4v) is 2.05. The number of carbonyl (C=O) groups is 1. The average molecular weight is 403 g/mol. The lowest BCUT2D eigenvalue weighted by Gasteiger charge is -2.23. The van der Waals surface area contributed by atoms with Crippen molar-refractivity contribution in [1.82, 2.24) is 15.5 Å². The van der Waals surface area contributed by atoms with Crippen LogP contribution in [0.2, 0.25) is 0 Å². The molecule has 1 aromatic carbocycles. The lowest BCUT2D eigenvalue weighted by Crippen LogP contribution is -2.44. The Balaban J connectivity index is 2.34. The highest BCUT2D eigenvalue weighted by Gasteiger charge is 2.34. The van der Waals surface area contributed by atoms with Crippen molar-refractivity contribution >= 4 is 17.7 Å². The molecule has 0 saturated heterocycles. The summed E-state index contributed by atoms with van der Waals surface area (Å²) >= 11 is 0. The van der Waals surface area contributed by atoms with Gasteiger partial charge in [-0.15, -0.1) is 0 Å². The second-order valence-electron chi connectivity index (χ2n) is 6.89. The number of nitrogens with one attached hydrogen (secondary N) is 2. The molecule has 2 N–H and O–H groups in total. The van der Waals surface area contributed by atoms with Crippen molar-refractivity contribution in [2.24, 2.45) is 4.99 Å². The number of aromatic amines is 1. The molecule has 1 amide bonds. The SMILES string of the molecule is CN(C(=NC(C)(C)C)NC(=O)c1ccc(F)c(F)c1)c1cc(C(F)(F)F)[nH]n1. The minimum atomic E-state index is -4.62. The minimum Gasteiger partial charge on any atom is -0.298 e. The molecule has 0 unspecified atom stereocenters. The number of aliphatic imine (C=N–C) groups is 1. The van der Waals surface area contributed by atoms with Crippen LogP contribution < -0.4 is 10.2 Å². The molecule has 6 nitrogen and oxygen atoms in total. The van der Waals surface area contributed by atoms with Gasteiger partial charge < -0.3 is 0 Å². The van der Waals surface area contributed by atoms with E-state index < -0.39 is 35.0 Å². The van der Waals surface area contributed by atoms with Gasteiger partial charge in [-0.2, -0.15) is 18.3 Å². The van der Waals surface area contributed by atoms with E-state index in [0.29, 0.717) is 6.07 Å². The molecule has 0 radical (unpaired) electrons. The summed E-state index contributed by atoms with van der Waals surface area (Å²) in [6.07, 6.45) is -4.62. The summed E-state index contributed by atoms with van der Waals surface area (Å²) in [6, 6.07) is 3.31. The zero-order chi connectivity index (χ0) is 21.3. The van der Waals surface area contributed by atoms with Crippen LogP contribution in [-0.4, -0.2) is 34.7 Å². The molecule has 2 aromatic rings. The van der Waals surface area contributed by atoms with E-state index in [1.165, 1.54) is 7.05 Å². The number of alkyl halides is 3. The summed E-state index contributed by atoms with van der Waals surface area (Å²) in [6.45, 7) is 5.11. The number of nitrogens with zero attached hydrogens (tertiary/aromatic N) is 3. The Labute approximate surface area is 157 Å². The van der Waals surface area contributed by atoms with E-state index in [-0.39, 0.29) is 17.3 Å². The molecule has 0 saturated carbocycles. The maximum absolute atomic E-state index is 13.4. The maximum Gasteiger partial charge on any atom is 0.432 e. The van der Waals surface area contributed by atoms with Gasteiger partial charge in [-0.25, -0.2) is 13.8 Å². The maximum atomic E-state index is 13.4. The summed E-state index contributed by atoms with van der Waals surface area (Å²) in [4.78, 5) is 17.8. The highest BCUT2D eigenvalue weighted by Crippen LogP contribution is 2.29. The minimum absolute atomic E-state index is 0.123. The smallest absolute Gasteiger partial charge is 0.298 e. The van der Waals surface area contributed by atoms with Crippen LogP contribution in [-0.2, 0) is 6.18 Å². The van der Waals surface area contributed by atoms with Gasteiger partial charge in [0.25, 0.3) is 5.91 Å². The number of aromatic nitrogens is 2. The number of anilines is 1. The molecule has 0 aliphatic rings. The fraction of sp³-hybridized carbons (Fsp3) is 0.353. The number of hydrogen-bond donors (Lipinski definition) is 2. The number of carbonyl (C=O) groups excluding carboxylic acids is 1. The molecule has 1 aromatic heterocycles. The fourth-order valence-electron chi connectivity index (χ4n) is 2.05. The van der Waals surface area contributed by atoms with Crippen LogP contribution in [0.25, 0.3) is 0 Å². The van der Waals surface area contributed by atoms with Crippen LogP contribution in [0.4, 0.5) is 27.8 Å². The van der Waals surface area contributed by atoms with Crippen LogP contribution in [0.3, 0.4) is 0 Å². The van der Waals surface area contributed by atoms with Crippen molar-refractivity contribution in [3.8, 4) is 0 Å². The van der Waals surface area contributed by atoms with Crippen molar-refractivity contribution in [3.05, 3.63) is 47.2 Å². The van der Waals surface area contributed by atoms with E-state index >= 15 is 0 Å². The lowest BCUT2D eigenvalue weighted by molar-refractivity contribution is -0.141.